The minimum Gasteiger partial charge on any atom is -0.395 e. The molecule has 2 rings (SSSR count). The molecule has 0 aliphatic heterocycles. The Morgan fingerprint density at radius 1 is 1.29 bits per heavy atom. The summed E-state index contributed by atoms with van der Waals surface area (Å²) in [6, 6.07) is 8.61. The summed E-state index contributed by atoms with van der Waals surface area (Å²) < 4.78 is 0. The number of aliphatic hydroxyl groups excluding tert-OH is 1. The van der Waals surface area contributed by atoms with Crippen molar-refractivity contribution in [2.45, 2.75) is 25.3 Å². The van der Waals surface area contributed by atoms with Crippen molar-refractivity contribution in [1.82, 2.24) is 5.32 Å². The summed E-state index contributed by atoms with van der Waals surface area (Å²) >= 11 is 0. The van der Waals surface area contributed by atoms with E-state index in [4.69, 9.17) is 5.11 Å². The van der Waals surface area contributed by atoms with Crippen LogP contribution in [0.5, 0.6) is 0 Å². The van der Waals surface area contributed by atoms with E-state index in [1.54, 1.807) is 0 Å². The van der Waals surface area contributed by atoms with Gasteiger partial charge < -0.3 is 10.4 Å². The SMILES string of the molecule is OCCNCc1ccccc1C1CC1. The number of benzene rings is 1. The van der Waals surface area contributed by atoms with Crippen molar-refractivity contribution in [2.75, 3.05) is 13.2 Å². The quantitative estimate of drug-likeness (QED) is 0.694. The Bertz CT molecular complexity index is 294. The second-order valence-electron chi connectivity index (χ2n) is 3.87. The molecule has 76 valence electrons. The molecule has 1 aliphatic rings. The summed E-state index contributed by atoms with van der Waals surface area (Å²) in [5.41, 5.74) is 2.89. The van der Waals surface area contributed by atoms with Gasteiger partial charge in [0.15, 0.2) is 0 Å². The van der Waals surface area contributed by atoms with E-state index < -0.39 is 0 Å². The molecule has 0 heterocycles. The molecular formula is C12H17NO. The van der Waals surface area contributed by atoms with Crippen molar-refractivity contribution in [3.05, 3.63) is 35.4 Å². The van der Waals surface area contributed by atoms with Crippen molar-refractivity contribution in [2.24, 2.45) is 0 Å². The average molecular weight is 191 g/mol. The molecule has 0 saturated heterocycles. The van der Waals surface area contributed by atoms with Crippen molar-refractivity contribution in [1.29, 1.82) is 0 Å². The van der Waals surface area contributed by atoms with Crippen LogP contribution in [0.25, 0.3) is 0 Å². The fraction of sp³-hybridized carbons (Fsp3) is 0.500. The van der Waals surface area contributed by atoms with Crippen molar-refractivity contribution in [3.63, 3.8) is 0 Å². The smallest absolute Gasteiger partial charge is 0.0556 e. The number of aliphatic hydroxyl groups is 1. The molecule has 1 aromatic rings. The zero-order chi connectivity index (χ0) is 9.80. The van der Waals surface area contributed by atoms with Gasteiger partial charge in [-0.25, -0.2) is 0 Å². The molecule has 0 amide bonds. The van der Waals surface area contributed by atoms with Gasteiger partial charge in [-0.15, -0.1) is 0 Å². The van der Waals surface area contributed by atoms with E-state index in [9.17, 15) is 0 Å². The van der Waals surface area contributed by atoms with Crippen molar-refractivity contribution >= 4 is 0 Å². The van der Waals surface area contributed by atoms with Crippen LogP contribution in [-0.2, 0) is 6.54 Å². The molecule has 1 saturated carbocycles. The molecule has 2 heteroatoms. The molecule has 2 nitrogen and oxygen atoms in total. The third-order valence-electron chi connectivity index (χ3n) is 2.68. The monoisotopic (exact) mass is 191 g/mol. The lowest BCUT2D eigenvalue weighted by atomic mass is 10.0. The van der Waals surface area contributed by atoms with Crippen LogP contribution in [-0.4, -0.2) is 18.3 Å². The Balaban J connectivity index is 2.00. The van der Waals surface area contributed by atoms with Gasteiger partial charge in [0.25, 0.3) is 0 Å². The zero-order valence-electron chi connectivity index (χ0n) is 8.37. The van der Waals surface area contributed by atoms with E-state index in [-0.39, 0.29) is 6.61 Å². The molecule has 1 aromatic carbocycles. The van der Waals surface area contributed by atoms with Crippen LogP contribution in [0.2, 0.25) is 0 Å². The topological polar surface area (TPSA) is 32.3 Å². The van der Waals surface area contributed by atoms with Gasteiger partial charge in [0.2, 0.25) is 0 Å². The molecule has 0 unspecified atom stereocenters. The van der Waals surface area contributed by atoms with Gasteiger partial charge in [0.05, 0.1) is 6.61 Å². The number of hydrogen-bond donors (Lipinski definition) is 2. The second-order valence-corrected chi connectivity index (χ2v) is 3.87. The van der Waals surface area contributed by atoms with E-state index >= 15 is 0 Å². The largest absolute Gasteiger partial charge is 0.395 e. The van der Waals surface area contributed by atoms with Gasteiger partial charge in [-0.3, -0.25) is 0 Å². The fourth-order valence-corrected chi connectivity index (χ4v) is 1.79. The summed E-state index contributed by atoms with van der Waals surface area (Å²) in [6.45, 7) is 1.78. The van der Waals surface area contributed by atoms with Crippen molar-refractivity contribution < 1.29 is 5.11 Å². The first-order valence-electron chi connectivity index (χ1n) is 5.31. The number of nitrogens with one attached hydrogen (secondary N) is 1. The molecule has 0 atom stereocenters. The van der Waals surface area contributed by atoms with Crippen LogP contribution in [0.15, 0.2) is 24.3 Å². The molecule has 0 bridgehead atoms. The molecule has 14 heavy (non-hydrogen) atoms. The summed E-state index contributed by atoms with van der Waals surface area (Å²) in [7, 11) is 0. The maximum atomic E-state index is 8.67. The lowest BCUT2D eigenvalue weighted by molar-refractivity contribution is 0.292. The van der Waals surface area contributed by atoms with Crippen LogP contribution in [0, 0.1) is 0 Å². The van der Waals surface area contributed by atoms with E-state index in [1.807, 2.05) is 0 Å². The van der Waals surface area contributed by atoms with Crippen LogP contribution in [0.4, 0.5) is 0 Å². The van der Waals surface area contributed by atoms with Gasteiger partial charge in [0.1, 0.15) is 0 Å². The molecule has 0 spiro atoms. The minimum atomic E-state index is 0.214. The predicted molar refractivity (Wildman–Crippen MR) is 57.2 cm³/mol. The fourth-order valence-electron chi connectivity index (χ4n) is 1.79. The van der Waals surface area contributed by atoms with E-state index in [2.05, 4.69) is 29.6 Å². The van der Waals surface area contributed by atoms with Gasteiger partial charge >= 0.3 is 0 Å². The first-order valence-corrected chi connectivity index (χ1v) is 5.31. The third-order valence-corrected chi connectivity index (χ3v) is 2.68. The van der Waals surface area contributed by atoms with E-state index in [0.717, 1.165) is 12.5 Å². The van der Waals surface area contributed by atoms with Crippen molar-refractivity contribution in [3.8, 4) is 0 Å². The highest BCUT2D eigenvalue weighted by molar-refractivity contribution is 5.33. The lowest BCUT2D eigenvalue weighted by Crippen LogP contribution is -2.18. The number of rotatable bonds is 5. The second kappa shape index (κ2) is 4.58. The van der Waals surface area contributed by atoms with Crippen LogP contribution in [0.3, 0.4) is 0 Å². The highest BCUT2D eigenvalue weighted by atomic mass is 16.3. The van der Waals surface area contributed by atoms with Crippen LogP contribution >= 0.6 is 0 Å². The maximum absolute atomic E-state index is 8.67. The van der Waals surface area contributed by atoms with Gasteiger partial charge in [-0.1, -0.05) is 24.3 Å². The maximum Gasteiger partial charge on any atom is 0.0556 e. The van der Waals surface area contributed by atoms with Crippen LogP contribution in [0.1, 0.15) is 29.9 Å². The number of hydrogen-bond acceptors (Lipinski definition) is 2. The Morgan fingerprint density at radius 3 is 2.79 bits per heavy atom. The molecule has 0 radical (unpaired) electrons. The van der Waals surface area contributed by atoms with E-state index in [1.165, 1.54) is 24.0 Å². The Hall–Kier alpha value is -0.860. The summed E-state index contributed by atoms with van der Waals surface area (Å²) in [4.78, 5) is 0. The van der Waals surface area contributed by atoms with Gasteiger partial charge in [-0.2, -0.15) is 0 Å². The Morgan fingerprint density at radius 2 is 2.07 bits per heavy atom. The van der Waals surface area contributed by atoms with E-state index in [0.29, 0.717) is 6.54 Å². The predicted octanol–water partition coefficient (Wildman–Crippen LogP) is 1.65. The average Bonchev–Trinajstić information content (AvgIpc) is 3.03. The molecule has 2 N–H and O–H groups in total. The minimum absolute atomic E-state index is 0.214. The third kappa shape index (κ3) is 2.34. The molecule has 1 fully saturated rings. The molecular weight excluding hydrogens is 174 g/mol. The molecule has 1 aliphatic carbocycles. The Labute approximate surface area is 85.0 Å². The first-order chi connectivity index (χ1) is 6.92. The normalized spacial score (nSPS) is 15.8. The summed E-state index contributed by atoms with van der Waals surface area (Å²) in [5.74, 6) is 0.808. The zero-order valence-corrected chi connectivity index (χ0v) is 8.37. The standard InChI is InChI=1S/C12H17NO/c14-8-7-13-9-11-3-1-2-4-12(11)10-5-6-10/h1-4,10,13-14H,5-9H2. The first kappa shape index (κ1) is 9.69. The Kier molecular flexibility index (Phi) is 3.17. The summed E-state index contributed by atoms with van der Waals surface area (Å²) in [6.07, 6.45) is 2.69. The lowest BCUT2D eigenvalue weighted by Gasteiger charge is -2.08. The summed E-state index contributed by atoms with van der Waals surface area (Å²) in [5, 5.41) is 11.9. The van der Waals surface area contributed by atoms with Crippen LogP contribution < -0.4 is 5.32 Å². The van der Waals surface area contributed by atoms with Gasteiger partial charge in [0, 0.05) is 13.1 Å². The highest BCUT2D eigenvalue weighted by Crippen LogP contribution is 2.41. The highest BCUT2D eigenvalue weighted by Gasteiger charge is 2.25. The molecule has 0 aromatic heterocycles. The van der Waals surface area contributed by atoms with Gasteiger partial charge in [-0.05, 0) is 29.9 Å².